The van der Waals surface area contributed by atoms with E-state index in [1.807, 2.05) is 0 Å². The lowest BCUT2D eigenvalue weighted by Gasteiger charge is -2.33. The van der Waals surface area contributed by atoms with Gasteiger partial charge in [0.2, 0.25) is 5.92 Å². The van der Waals surface area contributed by atoms with Crippen molar-refractivity contribution in [1.82, 2.24) is 24.9 Å². The number of halogens is 2. The molecule has 2 aliphatic carbocycles. The Bertz CT molecular complexity index is 973. The van der Waals surface area contributed by atoms with Crippen LogP contribution in [0, 0.1) is 11.8 Å². The van der Waals surface area contributed by atoms with Crippen LogP contribution < -0.4 is 0 Å². The second-order valence-corrected chi connectivity index (χ2v) is 11.4. The van der Waals surface area contributed by atoms with E-state index in [9.17, 15) is 13.6 Å². The summed E-state index contributed by atoms with van der Waals surface area (Å²) in [5, 5.41) is 9.18. The van der Waals surface area contributed by atoms with Crippen LogP contribution in [0.3, 0.4) is 0 Å². The molecule has 0 N–H and O–H groups in total. The first-order valence-corrected chi connectivity index (χ1v) is 13.1. The lowest BCUT2D eigenvalue weighted by molar-refractivity contribution is -0.119. The molecule has 2 fully saturated rings. The minimum atomic E-state index is -2.48. The maximum absolute atomic E-state index is 13.2. The number of Topliss-reactive ketones (excluding diaryl/α,β-unsaturated/α-hetero) is 1. The molecular weight excluding hydrogens is 444 g/mol. The molecule has 3 aliphatic rings. The summed E-state index contributed by atoms with van der Waals surface area (Å²) < 4.78 is 26.4. The van der Waals surface area contributed by atoms with Gasteiger partial charge in [0.1, 0.15) is 5.78 Å². The molecule has 0 unspecified atom stereocenters. The Kier molecular flexibility index (Phi) is 6.62. The fourth-order valence-corrected chi connectivity index (χ4v) is 6.79. The lowest BCUT2D eigenvalue weighted by atomic mass is 9.78. The molecule has 2 aromatic heterocycles. The number of aryl methyl sites for hydroxylation is 1. The Hall–Kier alpha value is -1.74. The third-order valence-electron chi connectivity index (χ3n) is 7.62. The SMILES string of the molecule is Cn1ncc(CC(=O)CC2CCC(CCN3CCc4sc(C5CC(F)(F)C5)nc4C3)CC2)n1. The Morgan fingerprint density at radius 2 is 1.97 bits per heavy atom. The van der Waals surface area contributed by atoms with E-state index in [0.29, 0.717) is 18.8 Å². The highest BCUT2D eigenvalue weighted by Gasteiger charge is 2.47. The average Bonchev–Trinajstić information content (AvgIpc) is 3.36. The maximum atomic E-state index is 13.2. The average molecular weight is 478 g/mol. The van der Waals surface area contributed by atoms with E-state index >= 15 is 0 Å². The number of thiazole rings is 1. The number of nitrogens with zero attached hydrogens (tertiary/aromatic N) is 5. The second-order valence-electron chi connectivity index (χ2n) is 10.3. The molecule has 180 valence electrons. The highest BCUT2D eigenvalue weighted by molar-refractivity contribution is 7.11. The zero-order valence-electron chi connectivity index (χ0n) is 19.3. The van der Waals surface area contributed by atoms with Crippen LogP contribution in [0.4, 0.5) is 8.78 Å². The second kappa shape index (κ2) is 9.49. The van der Waals surface area contributed by atoms with Crippen molar-refractivity contribution < 1.29 is 13.6 Å². The smallest absolute Gasteiger partial charge is 0.249 e. The van der Waals surface area contributed by atoms with E-state index in [2.05, 4.69) is 15.1 Å². The van der Waals surface area contributed by atoms with Crippen LogP contribution in [0.2, 0.25) is 0 Å². The first kappa shape index (κ1) is 23.0. The van der Waals surface area contributed by atoms with Crippen molar-refractivity contribution in [3.05, 3.63) is 27.5 Å². The number of hydrogen-bond acceptors (Lipinski definition) is 6. The molecule has 33 heavy (non-hydrogen) atoms. The van der Waals surface area contributed by atoms with Gasteiger partial charge in [-0.05, 0) is 44.1 Å². The van der Waals surface area contributed by atoms with E-state index in [0.717, 1.165) is 61.2 Å². The molecule has 0 spiro atoms. The molecular formula is C24H33F2N5OS. The molecule has 0 atom stereocenters. The van der Waals surface area contributed by atoms with E-state index in [-0.39, 0.29) is 24.5 Å². The van der Waals surface area contributed by atoms with Gasteiger partial charge in [0.15, 0.2) is 0 Å². The van der Waals surface area contributed by atoms with Gasteiger partial charge in [-0.3, -0.25) is 9.69 Å². The highest BCUT2D eigenvalue weighted by Crippen LogP contribution is 2.49. The number of fused-ring (bicyclic) bond motifs is 1. The molecule has 9 heteroatoms. The lowest BCUT2D eigenvalue weighted by Crippen LogP contribution is -2.33. The number of carbonyl (C=O) groups is 1. The number of rotatable bonds is 8. The van der Waals surface area contributed by atoms with E-state index in [1.165, 1.54) is 28.9 Å². The normalized spacial score (nSPS) is 25.5. The monoisotopic (exact) mass is 477 g/mol. The molecule has 0 saturated heterocycles. The fraction of sp³-hybridized carbons (Fsp3) is 0.750. The van der Waals surface area contributed by atoms with Crippen LogP contribution >= 0.6 is 11.3 Å². The van der Waals surface area contributed by atoms with Crippen molar-refractivity contribution in [2.24, 2.45) is 18.9 Å². The molecule has 2 saturated carbocycles. The molecule has 0 bridgehead atoms. The van der Waals surface area contributed by atoms with E-state index < -0.39 is 5.92 Å². The Morgan fingerprint density at radius 3 is 2.67 bits per heavy atom. The summed E-state index contributed by atoms with van der Waals surface area (Å²) >= 11 is 1.67. The topological polar surface area (TPSA) is 63.9 Å². The standard InChI is InChI=1S/C24H33F2N5OS/c1-30-27-14-19(29-30)11-20(32)10-17-4-2-16(3-5-17)6-8-31-9-7-22-21(15-31)28-23(33-22)18-12-24(25,26)13-18/h14,16-18H,2-13,15H2,1H3. The predicted octanol–water partition coefficient (Wildman–Crippen LogP) is 4.54. The first-order chi connectivity index (χ1) is 15.8. The summed E-state index contributed by atoms with van der Waals surface area (Å²) in [6, 6.07) is 0. The van der Waals surface area contributed by atoms with Crippen molar-refractivity contribution in [1.29, 1.82) is 0 Å². The van der Waals surface area contributed by atoms with Crippen molar-refractivity contribution in [3.8, 4) is 0 Å². The quantitative estimate of drug-likeness (QED) is 0.559. The van der Waals surface area contributed by atoms with Gasteiger partial charge in [-0.25, -0.2) is 13.8 Å². The Morgan fingerprint density at radius 1 is 1.21 bits per heavy atom. The third kappa shape index (κ3) is 5.67. The van der Waals surface area contributed by atoms with Gasteiger partial charge in [-0.2, -0.15) is 15.0 Å². The van der Waals surface area contributed by atoms with Crippen LogP contribution in [0.15, 0.2) is 6.20 Å². The van der Waals surface area contributed by atoms with Crippen LogP contribution in [-0.4, -0.2) is 49.7 Å². The van der Waals surface area contributed by atoms with Gasteiger partial charge in [0, 0.05) is 50.2 Å². The molecule has 3 heterocycles. The van der Waals surface area contributed by atoms with Crippen molar-refractivity contribution >= 4 is 17.1 Å². The zero-order valence-corrected chi connectivity index (χ0v) is 20.1. The van der Waals surface area contributed by atoms with E-state index in [4.69, 9.17) is 4.98 Å². The van der Waals surface area contributed by atoms with Crippen LogP contribution in [-0.2, 0) is 31.2 Å². The largest absolute Gasteiger partial charge is 0.299 e. The van der Waals surface area contributed by atoms with Crippen LogP contribution in [0.1, 0.15) is 78.6 Å². The van der Waals surface area contributed by atoms with Gasteiger partial charge in [0.05, 0.1) is 29.0 Å². The van der Waals surface area contributed by atoms with Gasteiger partial charge in [-0.1, -0.05) is 12.8 Å². The van der Waals surface area contributed by atoms with Gasteiger partial charge in [-0.15, -0.1) is 11.3 Å². The van der Waals surface area contributed by atoms with Crippen LogP contribution in [0.25, 0.3) is 0 Å². The summed E-state index contributed by atoms with van der Waals surface area (Å²) in [7, 11) is 1.77. The summed E-state index contributed by atoms with van der Waals surface area (Å²) in [5.74, 6) is -0.995. The number of ketones is 1. The molecule has 6 nitrogen and oxygen atoms in total. The minimum Gasteiger partial charge on any atom is -0.299 e. The van der Waals surface area contributed by atoms with Gasteiger partial charge in [0.25, 0.3) is 0 Å². The summed E-state index contributed by atoms with van der Waals surface area (Å²) in [4.78, 5) is 22.4. The highest BCUT2D eigenvalue weighted by atomic mass is 32.1. The number of carbonyl (C=O) groups excluding carboxylic acids is 1. The minimum absolute atomic E-state index is 0.0300. The van der Waals surface area contributed by atoms with Crippen LogP contribution in [0.5, 0.6) is 0 Å². The van der Waals surface area contributed by atoms with Crippen molar-refractivity contribution in [3.63, 3.8) is 0 Å². The molecule has 1 aliphatic heterocycles. The summed E-state index contributed by atoms with van der Waals surface area (Å²) in [5.41, 5.74) is 1.89. The van der Waals surface area contributed by atoms with Gasteiger partial charge < -0.3 is 0 Å². The molecule has 2 aromatic rings. The summed E-state index contributed by atoms with van der Waals surface area (Å²) in [6.45, 7) is 2.98. The number of aromatic nitrogens is 4. The number of hydrogen-bond donors (Lipinski definition) is 0. The Labute approximate surface area is 197 Å². The zero-order chi connectivity index (χ0) is 23.0. The number of alkyl halides is 2. The maximum Gasteiger partial charge on any atom is 0.249 e. The van der Waals surface area contributed by atoms with E-state index in [1.54, 1.807) is 24.6 Å². The van der Waals surface area contributed by atoms with Gasteiger partial charge >= 0.3 is 0 Å². The Balaban J connectivity index is 1.02. The summed E-state index contributed by atoms with van der Waals surface area (Å²) in [6.07, 6.45) is 9.57. The van der Waals surface area contributed by atoms with Crippen molar-refractivity contribution in [2.75, 3.05) is 13.1 Å². The molecule has 0 amide bonds. The fourth-order valence-electron chi connectivity index (χ4n) is 5.63. The first-order valence-electron chi connectivity index (χ1n) is 12.3. The molecule has 0 radical (unpaired) electrons. The molecule has 5 rings (SSSR count). The van der Waals surface area contributed by atoms with Crippen molar-refractivity contribution in [2.45, 2.75) is 82.6 Å². The third-order valence-corrected chi connectivity index (χ3v) is 8.94. The molecule has 0 aromatic carbocycles. The predicted molar refractivity (Wildman–Crippen MR) is 122 cm³/mol.